The molecule has 0 spiro atoms. The molecule has 1 heterocycles. The molecule has 12 rings (SSSR count). The lowest BCUT2D eigenvalue weighted by atomic mass is 9.87. The van der Waals surface area contributed by atoms with E-state index in [1.54, 1.807) is 0 Å². The Morgan fingerprint density at radius 2 is 0.909 bits per heavy atom. The van der Waals surface area contributed by atoms with Crippen molar-refractivity contribution in [3.05, 3.63) is 194 Å². The van der Waals surface area contributed by atoms with E-state index in [1.165, 1.54) is 81.3 Å². The number of furan rings is 1. The zero-order valence-electron chi connectivity index (χ0n) is 30.0. The van der Waals surface area contributed by atoms with Gasteiger partial charge in [0, 0.05) is 28.1 Å². The first kappa shape index (κ1) is 30.3. The highest BCUT2D eigenvalue weighted by molar-refractivity contribution is 6.38. The van der Waals surface area contributed by atoms with Gasteiger partial charge in [-0.1, -0.05) is 170 Å². The topological polar surface area (TPSA) is 16.4 Å². The van der Waals surface area contributed by atoms with E-state index in [9.17, 15) is 0 Å². The van der Waals surface area contributed by atoms with E-state index < -0.39 is 0 Å². The normalized spacial score (nSPS) is 12.1. The summed E-state index contributed by atoms with van der Waals surface area (Å²) in [6.07, 6.45) is 0. The third kappa shape index (κ3) is 4.43. The lowest BCUT2D eigenvalue weighted by Crippen LogP contribution is -2.18. The summed E-state index contributed by atoms with van der Waals surface area (Å²) in [5.74, 6) is 0. The van der Waals surface area contributed by atoms with Crippen LogP contribution in [0.25, 0.3) is 97.7 Å². The zero-order chi connectivity index (χ0) is 36.0. The van der Waals surface area contributed by atoms with E-state index in [1.807, 2.05) is 0 Å². The minimum atomic E-state index is 0.642. The van der Waals surface area contributed by atoms with Gasteiger partial charge in [0.2, 0.25) is 0 Å². The first-order chi connectivity index (χ1) is 27.3. The molecular formula is C53H33NO. The molecule has 256 valence electrons. The second-order valence-corrected chi connectivity index (χ2v) is 14.8. The third-order valence-electron chi connectivity index (χ3n) is 11.8. The fourth-order valence-corrected chi connectivity index (χ4v) is 9.48. The van der Waals surface area contributed by atoms with Gasteiger partial charge in [0.15, 0.2) is 5.58 Å². The molecular weight excluding hydrogens is 667 g/mol. The molecule has 1 aromatic heterocycles. The van der Waals surface area contributed by atoms with Crippen LogP contribution < -0.4 is 4.90 Å². The molecule has 0 radical (unpaired) electrons. The molecule has 0 aliphatic heterocycles. The Balaban J connectivity index is 1.24. The van der Waals surface area contributed by atoms with Crippen LogP contribution in [0.5, 0.6) is 0 Å². The largest absolute Gasteiger partial charge is 0.454 e. The summed E-state index contributed by atoms with van der Waals surface area (Å²) in [6.45, 7) is 0.642. The van der Waals surface area contributed by atoms with Gasteiger partial charge >= 0.3 is 0 Å². The highest BCUT2D eigenvalue weighted by Crippen LogP contribution is 2.48. The van der Waals surface area contributed by atoms with Gasteiger partial charge in [-0.25, -0.2) is 0 Å². The molecule has 0 aliphatic carbocycles. The molecule has 0 saturated carbocycles. The highest BCUT2D eigenvalue weighted by atomic mass is 16.3. The van der Waals surface area contributed by atoms with Crippen LogP contribution in [0.1, 0.15) is 5.56 Å². The number of fused-ring (bicyclic) bond motifs is 5. The monoisotopic (exact) mass is 699 g/mol. The average Bonchev–Trinajstić information content (AvgIpc) is 3.63. The minimum Gasteiger partial charge on any atom is -0.454 e. The Morgan fingerprint density at radius 1 is 0.364 bits per heavy atom. The molecule has 55 heavy (non-hydrogen) atoms. The Labute approximate surface area is 317 Å². The number of hydrogen-bond acceptors (Lipinski definition) is 2. The van der Waals surface area contributed by atoms with Crippen molar-refractivity contribution < 1.29 is 4.42 Å². The predicted octanol–water partition coefficient (Wildman–Crippen LogP) is 14.9. The summed E-state index contributed by atoms with van der Waals surface area (Å²) in [5, 5.41) is 17.5. The lowest BCUT2D eigenvalue weighted by Gasteiger charge is -2.29. The van der Waals surface area contributed by atoms with E-state index in [0.717, 1.165) is 33.3 Å². The summed E-state index contributed by atoms with van der Waals surface area (Å²) in [4.78, 5) is 2.51. The van der Waals surface area contributed by atoms with Crippen molar-refractivity contribution in [2.45, 2.75) is 6.54 Å². The van der Waals surface area contributed by atoms with Gasteiger partial charge in [-0.2, -0.15) is 0 Å². The maximum atomic E-state index is 6.80. The average molecular weight is 700 g/mol. The SMILES string of the molecule is c1ccc(-c2ccccc2CN(c2cc3cccc4c5cccc6ccc7cccc(c8cccc2c8c34)c7c65)c2cccc3c2oc2ccccc23)cc1. The van der Waals surface area contributed by atoms with Crippen LogP contribution in [0.3, 0.4) is 0 Å². The third-order valence-corrected chi connectivity index (χ3v) is 11.8. The highest BCUT2D eigenvalue weighted by Gasteiger charge is 2.24. The molecule has 0 fully saturated rings. The molecule has 0 bridgehead atoms. The van der Waals surface area contributed by atoms with Gasteiger partial charge in [0.05, 0.1) is 11.4 Å². The van der Waals surface area contributed by atoms with Crippen molar-refractivity contribution in [3.8, 4) is 11.1 Å². The number of para-hydroxylation sites is 2. The Hall–Kier alpha value is -7.16. The molecule has 0 atom stereocenters. The second-order valence-electron chi connectivity index (χ2n) is 14.8. The molecule has 0 unspecified atom stereocenters. The first-order valence-corrected chi connectivity index (χ1v) is 19.0. The van der Waals surface area contributed by atoms with Crippen molar-refractivity contribution in [3.63, 3.8) is 0 Å². The predicted molar refractivity (Wildman–Crippen MR) is 234 cm³/mol. The fraction of sp³-hybridized carbons (Fsp3) is 0.0189. The van der Waals surface area contributed by atoms with Crippen LogP contribution in [-0.2, 0) is 6.54 Å². The lowest BCUT2D eigenvalue weighted by molar-refractivity contribution is 0.667. The van der Waals surface area contributed by atoms with Crippen LogP contribution in [0, 0.1) is 0 Å². The van der Waals surface area contributed by atoms with E-state index in [0.29, 0.717) is 6.54 Å². The second kappa shape index (κ2) is 11.7. The van der Waals surface area contributed by atoms with E-state index in [4.69, 9.17) is 4.42 Å². The van der Waals surface area contributed by atoms with Gasteiger partial charge in [-0.15, -0.1) is 0 Å². The van der Waals surface area contributed by atoms with E-state index >= 15 is 0 Å². The number of nitrogens with zero attached hydrogens (tertiary/aromatic N) is 1. The maximum Gasteiger partial charge on any atom is 0.159 e. The van der Waals surface area contributed by atoms with Crippen LogP contribution in [-0.4, -0.2) is 0 Å². The molecule has 0 amide bonds. The standard InChI is InChI=1S/C53H33NO/c1-2-13-33(14-3-1)38-19-5-4-15-37(38)32-54(46-27-12-25-44-39-20-6-7-28-48(39)55-53(44)46)47-31-36-18-10-23-41-40-21-8-16-34-29-30-35-17-9-22-42(50(35)49(34)40)43-24-11-26-45(47)52(43)51(36)41/h1-31H,32H2. The summed E-state index contributed by atoms with van der Waals surface area (Å²) in [5.41, 5.74) is 7.66. The summed E-state index contributed by atoms with van der Waals surface area (Å²) in [6, 6.07) is 68.9. The van der Waals surface area contributed by atoms with Crippen molar-refractivity contribution in [1.82, 2.24) is 0 Å². The van der Waals surface area contributed by atoms with Gasteiger partial charge in [-0.05, 0) is 88.8 Å². The van der Waals surface area contributed by atoms with Gasteiger partial charge < -0.3 is 9.32 Å². The molecule has 0 N–H and O–H groups in total. The van der Waals surface area contributed by atoms with Crippen molar-refractivity contribution in [2.75, 3.05) is 4.90 Å². The molecule has 0 saturated heterocycles. The quantitative estimate of drug-likeness (QED) is 0.166. The number of rotatable bonds is 5. The van der Waals surface area contributed by atoms with Crippen molar-refractivity contribution in [2.24, 2.45) is 0 Å². The van der Waals surface area contributed by atoms with Gasteiger partial charge in [-0.3, -0.25) is 0 Å². The Morgan fingerprint density at radius 3 is 1.67 bits per heavy atom. The molecule has 2 heteroatoms. The van der Waals surface area contributed by atoms with Crippen molar-refractivity contribution >= 4 is 97.9 Å². The van der Waals surface area contributed by atoms with Crippen LogP contribution in [0.15, 0.2) is 192 Å². The molecule has 11 aromatic carbocycles. The summed E-state index contributed by atoms with van der Waals surface area (Å²) >= 11 is 0. The molecule has 12 aromatic rings. The maximum absolute atomic E-state index is 6.80. The van der Waals surface area contributed by atoms with E-state index in [2.05, 4.69) is 193 Å². The number of hydrogen-bond donors (Lipinski definition) is 0. The zero-order valence-corrected chi connectivity index (χ0v) is 30.0. The number of benzene rings is 10. The Bertz CT molecular complexity index is 3470. The smallest absolute Gasteiger partial charge is 0.159 e. The fourth-order valence-electron chi connectivity index (χ4n) is 9.48. The summed E-state index contributed by atoms with van der Waals surface area (Å²) in [7, 11) is 0. The van der Waals surface area contributed by atoms with Crippen LogP contribution in [0.4, 0.5) is 11.4 Å². The van der Waals surface area contributed by atoms with Gasteiger partial charge in [0.1, 0.15) is 5.58 Å². The molecule has 0 aliphatic rings. The van der Waals surface area contributed by atoms with Crippen LogP contribution in [0.2, 0.25) is 0 Å². The number of anilines is 2. The minimum absolute atomic E-state index is 0.642. The first-order valence-electron chi connectivity index (χ1n) is 19.0. The van der Waals surface area contributed by atoms with Gasteiger partial charge in [0.25, 0.3) is 0 Å². The van der Waals surface area contributed by atoms with Crippen molar-refractivity contribution in [1.29, 1.82) is 0 Å². The summed E-state index contributed by atoms with van der Waals surface area (Å²) < 4.78 is 6.80. The van der Waals surface area contributed by atoms with E-state index in [-0.39, 0.29) is 0 Å². The molecule has 2 nitrogen and oxygen atoms in total. The van der Waals surface area contributed by atoms with Crippen LogP contribution >= 0.6 is 0 Å². The Kier molecular flexibility index (Phi) is 6.43.